The Labute approximate surface area is 164 Å². The van der Waals surface area contributed by atoms with Crippen molar-refractivity contribution in [1.29, 1.82) is 0 Å². The fourth-order valence-corrected chi connectivity index (χ4v) is 4.59. The average molecular weight is 382 g/mol. The maximum absolute atomic E-state index is 5.88. The van der Waals surface area contributed by atoms with Crippen molar-refractivity contribution >= 4 is 5.96 Å². The van der Waals surface area contributed by atoms with E-state index in [9.17, 15) is 0 Å². The predicted molar refractivity (Wildman–Crippen MR) is 109 cm³/mol. The third-order valence-electron chi connectivity index (χ3n) is 6.18. The molecular formula is C20H39N5O2. The molecule has 27 heavy (non-hydrogen) atoms. The van der Waals surface area contributed by atoms with Crippen LogP contribution in [0.5, 0.6) is 0 Å². The Hall–Kier alpha value is -0.890. The molecule has 0 aromatic heterocycles. The van der Waals surface area contributed by atoms with Crippen molar-refractivity contribution in [3.63, 3.8) is 0 Å². The van der Waals surface area contributed by atoms with Crippen LogP contribution in [0.4, 0.5) is 0 Å². The van der Waals surface area contributed by atoms with E-state index in [1.165, 1.54) is 32.1 Å². The van der Waals surface area contributed by atoms with Gasteiger partial charge in [-0.25, -0.2) is 0 Å². The first-order valence-corrected chi connectivity index (χ1v) is 10.9. The summed E-state index contributed by atoms with van der Waals surface area (Å²) in [6.45, 7) is 11.3. The molecule has 2 aliphatic heterocycles. The molecule has 0 aromatic carbocycles. The second kappa shape index (κ2) is 10.6. The number of hydrogen-bond donors (Lipinski definition) is 2. The summed E-state index contributed by atoms with van der Waals surface area (Å²) >= 11 is 0. The van der Waals surface area contributed by atoms with Crippen molar-refractivity contribution in [1.82, 2.24) is 20.4 Å². The van der Waals surface area contributed by atoms with Crippen molar-refractivity contribution in [2.45, 2.75) is 50.7 Å². The lowest BCUT2D eigenvalue weighted by Gasteiger charge is -2.47. The van der Waals surface area contributed by atoms with Crippen molar-refractivity contribution in [2.24, 2.45) is 4.99 Å². The molecule has 1 atom stereocenters. The van der Waals surface area contributed by atoms with Gasteiger partial charge in [-0.15, -0.1) is 0 Å². The molecule has 3 fully saturated rings. The van der Waals surface area contributed by atoms with Crippen LogP contribution < -0.4 is 10.6 Å². The van der Waals surface area contributed by atoms with Crippen LogP contribution in [0.3, 0.4) is 0 Å². The van der Waals surface area contributed by atoms with E-state index in [0.29, 0.717) is 0 Å². The lowest BCUT2D eigenvalue weighted by Crippen LogP contribution is -2.57. The van der Waals surface area contributed by atoms with Crippen molar-refractivity contribution in [3.05, 3.63) is 0 Å². The summed E-state index contributed by atoms with van der Waals surface area (Å²) in [5, 5.41) is 6.93. The van der Waals surface area contributed by atoms with Gasteiger partial charge in [0.25, 0.3) is 0 Å². The first-order valence-electron chi connectivity index (χ1n) is 10.9. The highest BCUT2D eigenvalue weighted by Crippen LogP contribution is 2.34. The number of aliphatic imine (C=N–C) groups is 1. The van der Waals surface area contributed by atoms with E-state index >= 15 is 0 Å². The summed E-state index contributed by atoms with van der Waals surface area (Å²) in [4.78, 5) is 10.0. The first kappa shape index (κ1) is 20.8. The Balaban J connectivity index is 1.60. The van der Waals surface area contributed by atoms with Gasteiger partial charge in [-0.2, -0.15) is 0 Å². The van der Waals surface area contributed by atoms with Crippen LogP contribution in [-0.2, 0) is 9.47 Å². The van der Waals surface area contributed by atoms with Crippen LogP contribution in [0.15, 0.2) is 4.99 Å². The highest BCUT2D eigenvalue weighted by molar-refractivity contribution is 5.79. The van der Waals surface area contributed by atoms with Crippen LogP contribution in [0.25, 0.3) is 0 Å². The monoisotopic (exact) mass is 381 g/mol. The zero-order chi connectivity index (χ0) is 19.0. The molecule has 156 valence electrons. The zero-order valence-electron chi connectivity index (χ0n) is 17.3. The largest absolute Gasteiger partial charge is 0.379 e. The normalized spacial score (nSPS) is 28.1. The van der Waals surface area contributed by atoms with Crippen LogP contribution in [0.2, 0.25) is 0 Å². The summed E-state index contributed by atoms with van der Waals surface area (Å²) in [5.74, 6) is 0.924. The number of nitrogens with one attached hydrogen (secondary N) is 2. The average Bonchev–Trinajstić information content (AvgIpc) is 2.71. The van der Waals surface area contributed by atoms with Gasteiger partial charge in [0.05, 0.1) is 32.5 Å². The Kier molecular flexibility index (Phi) is 8.18. The Morgan fingerprint density at radius 1 is 1.07 bits per heavy atom. The van der Waals surface area contributed by atoms with Gasteiger partial charge in [0, 0.05) is 44.8 Å². The number of morpholine rings is 2. The highest BCUT2D eigenvalue weighted by atomic mass is 16.5. The Morgan fingerprint density at radius 3 is 2.56 bits per heavy atom. The molecule has 1 saturated carbocycles. The summed E-state index contributed by atoms with van der Waals surface area (Å²) < 4.78 is 11.5. The molecule has 1 unspecified atom stereocenters. The molecule has 2 heterocycles. The third kappa shape index (κ3) is 6.04. The summed E-state index contributed by atoms with van der Waals surface area (Å²) in [6, 6.07) is 0. The van der Waals surface area contributed by atoms with E-state index in [0.717, 1.165) is 71.6 Å². The van der Waals surface area contributed by atoms with E-state index in [4.69, 9.17) is 14.5 Å². The fourth-order valence-electron chi connectivity index (χ4n) is 4.59. The minimum absolute atomic E-state index is 0.214. The molecule has 3 aliphatic rings. The van der Waals surface area contributed by atoms with Crippen LogP contribution in [0.1, 0.15) is 39.0 Å². The second-order valence-electron chi connectivity index (χ2n) is 8.22. The highest BCUT2D eigenvalue weighted by Gasteiger charge is 2.38. The van der Waals surface area contributed by atoms with E-state index < -0.39 is 0 Å². The van der Waals surface area contributed by atoms with Crippen molar-refractivity contribution < 1.29 is 9.47 Å². The topological polar surface area (TPSA) is 61.4 Å². The fraction of sp³-hybridized carbons (Fsp3) is 0.950. The van der Waals surface area contributed by atoms with Crippen molar-refractivity contribution in [3.8, 4) is 0 Å². The molecule has 0 spiro atoms. The van der Waals surface area contributed by atoms with Gasteiger partial charge >= 0.3 is 0 Å². The molecule has 1 aliphatic carbocycles. The SMILES string of the molecule is CCNC(=NCC1(N2CCOCC2)CCCCC1)NCC1CN(C)CCO1. The molecule has 0 bridgehead atoms. The number of nitrogens with zero attached hydrogens (tertiary/aromatic N) is 3. The quantitative estimate of drug-likeness (QED) is 0.527. The maximum Gasteiger partial charge on any atom is 0.191 e. The van der Waals surface area contributed by atoms with E-state index in [-0.39, 0.29) is 11.6 Å². The predicted octanol–water partition coefficient (Wildman–Crippen LogP) is 0.907. The molecule has 3 rings (SSSR count). The molecule has 0 amide bonds. The van der Waals surface area contributed by atoms with Gasteiger partial charge in [0.15, 0.2) is 5.96 Å². The number of hydrogen-bond acceptors (Lipinski definition) is 5. The summed E-state index contributed by atoms with van der Waals surface area (Å²) in [5.41, 5.74) is 0.214. The van der Waals surface area contributed by atoms with Crippen molar-refractivity contribution in [2.75, 3.05) is 72.7 Å². The summed E-state index contributed by atoms with van der Waals surface area (Å²) in [7, 11) is 2.16. The lowest BCUT2D eigenvalue weighted by atomic mass is 9.80. The van der Waals surface area contributed by atoms with Crippen LogP contribution in [0, 0.1) is 0 Å². The number of likely N-dealkylation sites (N-methyl/N-ethyl adjacent to an activating group) is 1. The molecule has 7 nitrogen and oxygen atoms in total. The van der Waals surface area contributed by atoms with Gasteiger partial charge in [-0.05, 0) is 26.8 Å². The van der Waals surface area contributed by atoms with Gasteiger partial charge < -0.3 is 25.0 Å². The molecule has 2 saturated heterocycles. The molecular weight excluding hydrogens is 342 g/mol. The summed E-state index contributed by atoms with van der Waals surface area (Å²) in [6.07, 6.45) is 6.74. The molecule has 2 N–H and O–H groups in total. The number of rotatable bonds is 6. The van der Waals surface area contributed by atoms with E-state index in [1.54, 1.807) is 0 Å². The van der Waals surface area contributed by atoms with Crippen LogP contribution in [-0.4, -0.2) is 100 Å². The van der Waals surface area contributed by atoms with E-state index in [1.807, 2.05) is 0 Å². The number of ether oxygens (including phenoxy) is 2. The minimum Gasteiger partial charge on any atom is -0.379 e. The van der Waals surface area contributed by atoms with Crippen LogP contribution >= 0.6 is 0 Å². The Bertz CT molecular complexity index is 461. The first-order chi connectivity index (χ1) is 13.2. The zero-order valence-corrected chi connectivity index (χ0v) is 17.3. The standard InChI is InChI=1S/C20H39N5O2/c1-3-21-19(22-15-18-16-24(2)9-14-27-18)23-17-20(7-5-4-6-8-20)25-10-12-26-13-11-25/h18H,3-17H2,1-2H3,(H2,21,22,23). The molecule has 0 aromatic rings. The van der Waals surface area contributed by atoms with Gasteiger partial charge in [-0.3, -0.25) is 9.89 Å². The third-order valence-corrected chi connectivity index (χ3v) is 6.18. The minimum atomic E-state index is 0.214. The smallest absolute Gasteiger partial charge is 0.191 e. The van der Waals surface area contributed by atoms with Gasteiger partial charge in [0.2, 0.25) is 0 Å². The maximum atomic E-state index is 5.88. The van der Waals surface area contributed by atoms with E-state index in [2.05, 4.69) is 34.4 Å². The second-order valence-corrected chi connectivity index (χ2v) is 8.22. The molecule has 0 radical (unpaired) electrons. The molecule has 7 heteroatoms. The van der Waals surface area contributed by atoms with Gasteiger partial charge in [-0.1, -0.05) is 19.3 Å². The Morgan fingerprint density at radius 2 is 1.85 bits per heavy atom. The van der Waals surface area contributed by atoms with Gasteiger partial charge in [0.1, 0.15) is 0 Å². The number of guanidine groups is 1. The lowest BCUT2D eigenvalue weighted by molar-refractivity contribution is -0.0334.